The first-order valence-corrected chi connectivity index (χ1v) is 5.74. The second-order valence-corrected chi connectivity index (χ2v) is 4.71. The molecular formula is C11H19NO4. The summed E-state index contributed by atoms with van der Waals surface area (Å²) in [7, 11) is 1.39. The maximum atomic E-state index is 11.2. The van der Waals surface area contributed by atoms with E-state index in [-0.39, 0.29) is 11.5 Å². The molecule has 0 saturated carbocycles. The summed E-state index contributed by atoms with van der Waals surface area (Å²) >= 11 is 0. The third-order valence-electron chi connectivity index (χ3n) is 3.80. The molecule has 2 heterocycles. The fourth-order valence-electron chi connectivity index (χ4n) is 2.64. The van der Waals surface area contributed by atoms with Gasteiger partial charge in [-0.1, -0.05) is 0 Å². The third-order valence-corrected chi connectivity index (χ3v) is 3.80. The van der Waals surface area contributed by atoms with Crippen molar-refractivity contribution < 1.29 is 19.4 Å². The lowest BCUT2D eigenvalue weighted by Gasteiger charge is -2.50. The number of ether oxygens (including phenoxy) is 2. The number of methoxy groups -OCH3 is 1. The Bertz CT molecular complexity index is 269. The summed E-state index contributed by atoms with van der Waals surface area (Å²) in [6.45, 7) is 1.62. The molecule has 2 fully saturated rings. The maximum absolute atomic E-state index is 11.2. The molecular weight excluding hydrogens is 210 g/mol. The fourth-order valence-corrected chi connectivity index (χ4v) is 2.64. The van der Waals surface area contributed by atoms with Crippen LogP contribution in [0.2, 0.25) is 0 Å². The van der Waals surface area contributed by atoms with Gasteiger partial charge in [0.2, 0.25) is 0 Å². The summed E-state index contributed by atoms with van der Waals surface area (Å²) < 4.78 is 9.74. The van der Waals surface area contributed by atoms with Gasteiger partial charge in [-0.05, 0) is 25.8 Å². The highest BCUT2D eigenvalue weighted by Gasteiger charge is 2.56. The van der Waals surface area contributed by atoms with Crippen molar-refractivity contribution in [2.45, 2.75) is 36.8 Å². The number of aliphatic hydroxyl groups is 1. The number of hydrogen-bond donors (Lipinski definition) is 2. The highest BCUT2D eigenvalue weighted by Crippen LogP contribution is 2.39. The van der Waals surface area contributed by atoms with Crippen LogP contribution in [0.5, 0.6) is 0 Å². The zero-order valence-electron chi connectivity index (χ0n) is 9.62. The molecule has 0 aromatic rings. The average molecular weight is 229 g/mol. The number of nitrogens with one attached hydrogen (secondary N) is 1. The van der Waals surface area contributed by atoms with Gasteiger partial charge in [0.25, 0.3) is 0 Å². The number of carbonyl (C=O) groups is 1. The molecule has 16 heavy (non-hydrogen) atoms. The number of hydrogen-bond acceptors (Lipinski definition) is 5. The predicted octanol–water partition coefficient (Wildman–Crippen LogP) is -0.177. The Morgan fingerprint density at radius 2 is 2.31 bits per heavy atom. The van der Waals surface area contributed by atoms with Crippen molar-refractivity contribution in [1.82, 2.24) is 5.32 Å². The summed E-state index contributed by atoms with van der Waals surface area (Å²) in [5.74, 6) is -0.225. The fraction of sp³-hybridized carbons (Fsp3) is 0.909. The van der Waals surface area contributed by atoms with E-state index in [0.29, 0.717) is 26.1 Å². The summed E-state index contributed by atoms with van der Waals surface area (Å²) in [5.41, 5.74) is -1.17. The minimum atomic E-state index is -0.808. The first-order chi connectivity index (χ1) is 7.62. The van der Waals surface area contributed by atoms with E-state index in [1.165, 1.54) is 7.11 Å². The summed E-state index contributed by atoms with van der Waals surface area (Å²) in [4.78, 5) is 11.2. The van der Waals surface area contributed by atoms with Crippen molar-refractivity contribution in [3.8, 4) is 0 Å². The smallest absolute Gasteiger partial charge is 0.305 e. The van der Waals surface area contributed by atoms with Crippen LogP contribution in [0.15, 0.2) is 0 Å². The molecule has 0 spiro atoms. The molecule has 0 radical (unpaired) electrons. The zero-order valence-corrected chi connectivity index (χ0v) is 9.62. The molecule has 5 nitrogen and oxygen atoms in total. The van der Waals surface area contributed by atoms with Crippen LogP contribution in [-0.4, -0.2) is 49.1 Å². The van der Waals surface area contributed by atoms with E-state index in [2.05, 4.69) is 10.1 Å². The molecule has 0 aromatic heterocycles. The molecule has 1 unspecified atom stereocenters. The maximum Gasteiger partial charge on any atom is 0.305 e. The minimum Gasteiger partial charge on any atom is -0.469 e. The normalized spacial score (nSPS) is 32.1. The van der Waals surface area contributed by atoms with Crippen molar-refractivity contribution >= 4 is 5.97 Å². The Hall–Kier alpha value is -0.650. The lowest BCUT2D eigenvalue weighted by Crippen LogP contribution is -2.69. The number of esters is 1. The largest absolute Gasteiger partial charge is 0.469 e. The Labute approximate surface area is 95.1 Å². The van der Waals surface area contributed by atoms with Crippen molar-refractivity contribution in [2.24, 2.45) is 0 Å². The zero-order chi connectivity index (χ0) is 11.6. The first kappa shape index (κ1) is 11.8. The molecule has 0 aliphatic carbocycles. The van der Waals surface area contributed by atoms with Gasteiger partial charge in [0.05, 0.1) is 25.9 Å². The first-order valence-electron chi connectivity index (χ1n) is 5.74. The molecule has 5 heteroatoms. The molecule has 0 aromatic carbocycles. The average Bonchev–Trinajstić information content (AvgIpc) is 2.72. The van der Waals surface area contributed by atoms with Crippen LogP contribution < -0.4 is 5.32 Å². The molecule has 2 aliphatic heterocycles. The summed E-state index contributed by atoms with van der Waals surface area (Å²) in [6, 6.07) is 0. The van der Waals surface area contributed by atoms with Crippen LogP contribution in [0, 0.1) is 0 Å². The molecule has 1 atom stereocenters. The standard InChI is InChI=1S/C11H19NO4/c1-15-9(13)3-5-10(4-2-6-12-10)11(14)7-16-8-11/h12,14H,2-8H2,1H3. The van der Waals surface area contributed by atoms with Gasteiger partial charge in [-0.15, -0.1) is 0 Å². The summed E-state index contributed by atoms with van der Waals surface area (Å²) in [6.07, 6.45) is 2.87. The molecule has 2 rings (SSSR count). The third kappa shape index (κ3) is 1.83. The quantitative estimate of drug-likeness (QED) is 0.655. The van der Waals surface area contributed by atoms with Crippen LogP contribution >= 0.6 is 0 Å². The summed E-state index contributed by atoms with van der Waals surface area (Å²) in [5, 5.41) is 13.8. The van der Waals surface area contributed by atoms with E-state index in [1.807, 2.05) is 0 Å². The van der Waals surface area contributed by atoms with Crippen LogP contribution in [-0.2, 0) is 14.3 Å². The van der Waals surface area contributed by atoms with Gasteiger partial charge in [-0.25, -0.2) is 0 Å². The van der Waals surface area contributed by atoms with Crippen molar-refractivity contribution in [3.05, 3.63) is 0 Å². The van der Waals surface area contributed by atoms with Gasteiger partial charge >= 0.3 is 5.97 Å². The van der Waals surface area contributed by atoms with Crippen LogP contribution in [0.1, 0.15) is 25.7 Å². The molecule has 92 valence electrons. The van der Waals surface area contributed by atoms with Gasteiger partial charge < -0.3 is 19.9 Å². The lowest BCUT2D eigenvalue weighted by atomic mass is 9.74. The Morgan fingerprint density at radius 3 is 2.75 bits per heavy atom. The molecule has 0 bridgehead atoms. The second kappa shape index (κ2) is 4.31. The van der Waals surface area contributed by atoms with E-state index >= 15 is 0 Å². The second-order valence-electron chi connectivity index (χ2n) is 4.71. The predicted molar refractivity (Wildman–Crippen MR) is 57.0 cm³/mol. The minimum absolute atomic E-state index is 0.225. The SMILES string of the molecule is COC(=O)CCC1(C2(O)COC2)CCCN1. The van der Waals surface area contributed by atoms with Crippen LogP contribution in [0.25, 0.3) is 0 Å². The van der Waals surface area contributed by atoms with E-state index in [0.717, 1.165) is 19.4 Å². The van der Waals surface area contributed by atoms with Crippen molar-refractivity contribution in [2.75, 3.05) is 26.9 Å². The number of carbonyl (C=O) groups excluding carboxylic acids is 1. The van der Waals surface area contributed by atoms with E-state index < -0.39 is 5.60 Å². The molecule has 0 amide bonds. The molecule has 2 saturated heterocycles. The monoisotopic (exact) mass is 229 g/mol. The van der Waals surface area contributed by atoms with Crippen LogP contribution in [0.3, 0.4) is 0 Å². The van der Waals surface area contributed by atoms with Gasteiger partial charge in [0, 0.05) is 6.42 Å². The van der Waals surface area contributed by atoms with Gasteiger partial charge in [-0.2, -0.15) is 0 Å². The van der Waals surface area contributed by atoms with E-state index in [9.17, 15) is 9.90 Å². The van der Waals surface area contributed by atoms with E-state index in [4.69, 9.17) is 4.74 Å². The van der Waals surface area contributed by atoms with E-state index in [1.54, 1.807) is 0 Å². The van der Waals surface area contributed by atoms with Crippen molar-refractivity contribution in [3.63, 3.8) is 0 Å². The topological polar surface area (TPSA) is 67.8 Å². The van der Waals surface area contributed by atoms with Gasteiger partial charge in [-0.3, -0.25) is 4.79 Å². The Balaban J connectivity index is 2.01. The van der Waals surface area contributed by atoms with Gasteiger partial charge in [0.1, 0.15) is 5.60 Å². The Morgan fingerprint density at radius 1 is 1.56 bits per heavy atom. The van der Waals surface area contributed by atoms with Crippen molar-refractivity contribution in [1.29, 1.82) is 0 Å². The van der Waals surface area contributed by atoms with Gasteiger partial charge in [0.15, 0.2) is 0 Å². The Kier molecular flexibility index (Phi) is 3.19. The number of rotatable bonds is 4. The van der Waals surface area contributed by atoms with Crippen LogP contribution in [0.4, 0.5) is 0 Å². The molecule has 2 N–H and O–H groups in total. The highest BCUT2D eigenvalue weighted by atomic mass is 16.5. The highest BCUT2D eigenvalue weighted by molar-refractivity contribution is 5.69. The molecule has 2 aliphatic rings. The lowest BCUT2D eigenvalue weighted by molar-refractivity contribution is -0.220.